The number of carboxylic acids is 1. The number of nitrogens with zero attached hydrogens (tertiary/aromatic N) is 3. The maximum Gasteiger partial charge on any atom is 0.322 e. The van der Waals surface area contributed by atoms with E-state index in [0.29, 0.717) is 22.5 Å². The zero-order valence-corrected chi connectivity index (χ0v) is 20.7. The van der Waals surface area contributed by atoms with E-state index in [2.05, 4.69) is 15.7 Å². The molecule has 0 bridgehead atoms. The first-order valence-electron chi connectivity index (χ1n) is 12.1. The Morgan fingerprint density at radius 3 is 2.45 bits per heavy atom. The van der Waals surface area contributed by atoms with Crippen molar-refractivity contribution in [2.24, 2.45) is 5.92 Å². The van der Waals surface area contributed by atoms with Gasteiger partial charge in [-0.15, -0.1) is 0 Å². The fourth-order valence-corrected chi connectivity index (χ4v) is 4.51. The van der Waals surface area contributed by atoms with Gasteiger partial charge < -0.3 is 15.7 Å². The zero-order chi connectivity index (χ0) is 28.4. The first-order chi connectivity index (χ1) is 19.3. The van der Waals surface area contributed by atoms with Crippen LogP contribution in [0.5, 0.6) is 0 Å². The fourth-order valence-electron chi connectivity index (χ4n) is 4.51. The van der Waals surface area contributed by atoms with Gasteiger partial charge in [0.25, 0.3) is 5.91 Å². The molecule has 1 aromatic heterocycles. The van der Waals surface area contributed by atoms with Crippen LogP contribution < -0.4 is 10.6 Å². The molecule has 0 fully saturated rings. The molecule has 2 amide bonds. The summed E-state index contributed by atoms with van der Waals surface area (Å²) in [5, 5.41) is 28.0. The summed E-state index contributed by atoms with van der Waals surface area (Å²) in [6.07, 6.45) is 0.257. The number of anilines is 1. The number of hydrogen-bond acceptors (Lipinski definition) is 6. The first-order valence-corrected chi connectivity index (χ1v) is 12.1. The molecule has 0 saturated carbocycles. The van der Waals surface area contributed by atoms with E-state index < -0.39 is 41.8 Å². The van der Waals surface area contributed by atoms with Crippen molar-refractivity contribution in [1.82, 2.24) is 15.1 Å². The van der Waals surface area contributed by atoms with Crippen LogP contribution in [0.3, 0.4) is 0 Å². The van der Waals surface area contributed by atoms with Crippen molar-refractivity contribution in [2.75, 3.05) is 11.9 Å². The Bertz CT molecular complexity index is 1710. The number of amides is 2. The van der Waals surface area contributed by atoms with E-state index in [1.54, 1.807) is 48.5 Å². The number of carbonyl (C=O) groups excluding carboxylic acids is 3. The second-order valence-corrected chi connectivity index (χ2v) is 8.97. The predicted octanol–water partition coefficient (Wildman–Crippen LogP) is 3.36. The van der Waals surface area contributed by atoms with Gasteiger partial charge in [0.15, 0.2) is 5.92 Å². The van der Waals surface area contributed by atoms with Crippen LogP contribution in [0.15, 0.2) is 72.8 Å². The summed E-state index contributed by atoms with van der Waals surface area (Å²) in [7, 11) is 0. The molecule has 0 radical (unpaired) electrons. The lowest BCUT2D eigenvalue weighted by molar-refractivity contribution is -0.135. The van der Waals surface area contributed by atoms with Crippen molar-refractivity contribution >= 4 is 29.3 Å². The molecule has 1 heterocycles. The van der Waals surface area contributed by atoms with Crippen LogP contribution in [0.25, 0.3) is 16.9 Å². The summed E-state index contributed by atoms with van der Waals surface area (Å²) in [5.74, 6) is -5.68. The summed E-state index contributed by atoms with van der Waals surface area (Å²) in [5.41, 5.74) is 3.39. The molecular formula is C29H20FN5O5. The van der Waals surface area contributed by atoms with Crippen molar-refractivity contribution in [2.45, 2.75) is 6.42 Å². The molecule has 3 aromatic carbocycles. The number of para-hydroxylation sites is 1. The minimum Gasteiger partial charge on any atom is -0.480 e. The largest absolute Gasteiger partial charge is 0.480 e. The van der Waals surface area contributed by atoms with Gasteiger partial charge in [0, 0.05) is 28.8 Å². The molecule has 198 valence electrons. The molecule has 10 nitrogen and oxygen atoms in total. The number of nitriles is 1. The van der Waals surface area contributed by atoms with Gasteiger partial charge in [-0.1, -0.05) is 24.3 Å². The van der Waals surface area contributed by atoms with Gasteiger partial charge in [0.05, 0.1) is 17.5 Å². The minimum atomic E-state index is -1.73. The molecule has 5 rings (SSSR count). The highest BCUT2D eigenvalue weighted by Crippen LogP contribution is 2.41. The molecule has 0 saturated heterocycles. The average molecular weight is 538 g/mol. The quantitative estimate of drug-likeness (QED) is 0.203. The minimum absolute atomic E-state index is 0.0623. The maximum atomic E-state index is 13.6. The van der Waals surface area contributed by atoms with E-state index in [1.807, 2.05) is 6.07 Å². The number of carbonyl (C=O) groups is 4. The molecule has 4 aromatic rings. The number of benzene rings is 3. The molecule has 40 heavy (non-hydrogen) atoms. The first kappa shape index (κ1) is 26.0. The number of Topliss-reactive ketones (excluding diaryl/α,β-unsaturated/α-hetero) is 1. The number of halogens is 1. The van der Waals surface area contributed by atoms with Crippen LogP contribution in [0.2, 0.25) is 0 Å². The second kappa shape index (κ2) is 10.6. The number of hydrogen-bond donors (Lipinski definition) is 3. The molecular weight excluding hydrogens is 517 g/mol. The van der Waals surface area contributed by atoms with E-state index in [9.17, 15) is 28.8 Å². The molecule has 0 spiro atoms. The smallest absolute Gasteiger partial charge is 0.322 e. The Hall–Kier alpha value is -5.63. The van der Waals surface area contributed by atoms with Crippen molar-refractivity contribution in [3.05, 3.63) is 101 Å². The average Bonchev–Trinajstić information content (AvgIpc) is 3.51. The Balaban J connectivity index is 1.54. The molecule has 1 atom stereocenters. The monoisotopic (exact) mass is 537 g/mol. The summed E-state index contributed by atoms with van der Waals surface area (Å²) >= 11 is 0. The molecule has 3 N–H and O–H groups in total. The van der Waals surface area contributed by atoms with Gasteiger partial charge in [0.1, 0.15) is 18.1 Å². The van der Waals surface area contributed by atoms with E-state index in [0.717, 1.165) is 17.7 Å². The van der Waals surface area contributed by atoms with Crippen LogP contribution in [-0.2, 0) is 16.0 Å². The number of aromatic nitrogens is 2. The van der Waals surface area contributed by atoms with Gasteiger partial charge in [-0.05, 0) is 54.1 Å². The van der Waals surface area contributed by atoms with Crippen molar-refractivity contribution in [1.29, 1.82) is 5.26 Å². The summed E-state index contributed by atoms with van der Waals surface area (Å²) in [6, 6.07) is 20.4. The zero-order valence-electron chi connectivity index (χ0n) is 20.7. The summed E-state index contributed by atoms with van der Waals surface area (Å²) in [4.78, 5) is 49.9. The van der Waals surface area contributed by atoms with Crippen molar-refractivity contribution in [3.8, 4) is 23.0 Å². The Morgan fingerprint density at radius 2 is 1.77 bits per heavy atom. The van der Waals surface area contributed by atoms with Crippen LogP contribution >= 0.6 is 0 Å². The van der Waals surface area contributed by atoms with Gasteiger partial charge >= 0.3 is 5.97 Å². The highest BCUT2D eigenvalue weighted by Gasteiger charge is 2.37. The SMILES string of the molecule is N#CC(C(=O)Nc1ccc(F)cc1)C(=O)c1nn(-c2ccccc2)c2c1Cc1ccc(C(=O)NCC(=O)O)cc1-2. The van der Waals surface area contributed by atoms with Gasteiger partial charge in [-0.3, -0.25) is 19.2 Å². The molecule has 1 unspecified atom stereocenters. The van der Waals surface area contributed by atoms with Gasteiger partial charge in [0.2, 0.25) is 11.7 Å². The third-order valence-electron chi connectivity index (χ3n) is 6.38. The van der Waals surface area contributed by atoms with Crippen LogP contribution in [0.1, 0.15) is 32.0 Å². The van der Waals surface area contributed by atoms with Crippen molar-refractivity contribution < 1.29 is 28.7 Å². The topological polar surface area (TPSA) is 154 Å². The number of aliphatic carboxylic acids is 1. The highest BCUT2D eigenvalue weighted by atomic mass is 19.1. The van der Waals surface area contributed by atoms with Crippen LogP contribution in [0.4, 0.5) is 10.1 Å². The summed E-state index contributed by atoms with van der Waals surface area (Å²) < 4.78 is 14.8. The molecule has 11 heteroatoms. The Labute approximate surface area is 226 Å². The third kappa shape index (κ3) is 4.93. The van der Waals surface area contributed by atoms with Gasteiger partial charge in [-0.2, -0.15) is 10.4 Å². The fraction of sp³-hybridized carbons (Fsp3) is 0.103. The molecule has 1 aliphatic carbocycles. The maximum absolute atomic E-state index is 13.6. The third-order valence-corrected chi connectivity index (χ3v) is 6.38. The second-order valence-electron chi connectivity index (χ2n) is 8.97. The molecule has 0 aliphatic heterocycles. The number of nitrogens with one attached hydrogen (secondary N) is 2. The number of ketones is 1. The number of carboxylic acid groups (broad SMARTS) is 1. The number of rotatable bonds is 8. The van der Waals surface area contributed by atoms with E-state index >= 15 is 0 Å². The normalized spacial score (nSPS) is 12.0. The lowest BCUT2D eigenvalue weighted by Gasteiger charge is -2.10. The lowest BCUT2D eigenvalue weighted by Crippen LogP contribution is -2.29. The highest BCUT2D eigenvalue weighted by molar-refractivity contribution is 6.16. The van der Waals surface area contributed by atoms with E-state index in [4.69, 9.17) is 5.11 Å². The van der Waals surface area contributed by atoms with Crippen molar-refractivity contribution in [3.63, 3.8) is 0 Å². The van der Waals surface area contributed by atoms with Crippen LogP contribution in [0, 0.1) is 23.1 Å². The Kier molecular flexibility index (Phi) is 6.90. The summed E-state index contributed by atoms with van der Waals surface area (Å²) in [6.45, 7) is -0.544. The van der Waals surface area contributed by atoms with E-state index in [-0.39, 0.29) is 23.4 Å². The predicted molar refractivity (Wildman–Crippen MR) is 140 cm³/mol. The van der Waals surface area contributed by atoms with E-state index in [1.165, 1.54) is 16.8 Å². The standard InChI is InChI=1S/C29H20FN5O5/c30-18-8-10-19(11-9-18)33-29(40)23(14-31)27(38)25-22-12-16-6-7-17(28(39)32-15-24(36)37)13-21(16)26(22)35(34-25)20-4-2-1-3-5-20/h1-11,13,23H,12,15H2,(H,32,39)(H,33,40)(H,36,37). The number of fused-ring (bicyclic) bond motifs is 3. The molecule has 1 aliphatic rings. The Morgan fingerprint density at radius 1 is 1.05 bits per heavy atom. The lowest BCUT2D eigenvalue weighted by atomic mass is 9.98. The van der Waals surface area contributed by atoms with Crippen LogP contribution in [-0.4, -0.2) is 45.0 Å². The van der Waals surface area contributed by atoms with Gasteiger partial charge in [-0.25, -0.2) is 9.07 Å².